The van der Waals surface area contributed by atoms with Crippen LogP contribution in [0.25, 0.3) is 0 Å². The molecular weight excluding hydrogens is 271 g/mol. The maximum absolute atomic E-state index is 12.6. The smallest absolute Gasteiger partial charge is 0.310 e. The summed E-state index contributed by atoms with van der Waals surface area (Å²) in [5.74, 6) is 2.18. The second-order valence-electron chi connectivity index (χ2n) is 4.35. The van der Waals surface area contributed by atoms with Gasteiger partial charge in [-0.25, -0.2) is 0 Å². The van der Waals surface area contributed by atoms with Crippen molar-refractivity contribution in [3.8, 4) is 0 Å². The first-order chi connectivity index (χ1) is 8.95. The van der Waals surface area contributed by atoms with Gasteiger partial charge in [0.2, 0.25) is 0 Å². The van der Waals surface area contributed by atoms with Gasteiger partial charge in [0.25, 0.3) is 0 Å². The molecule has 5 heteroatoms. The van der Waals surface area contributed by atoms with Gasteiger partial charge < -0.3 is 5.32 Å². The highest BCUT2D eigenvalue weighted by atomic mass is 32.2. The Bertz CT molecular complexity index is 379. The number of benzene rings is 1. The van der Waals surface area contributed by atoms with E-state index in [2.05, 4.69) is 12.2 Å². The number of hydrogen-bond donors (Lipinski definition) is 1. The molecule has 0 aliphatic heterocycles. The average Bonchev–Trinajstić information content (AvgIpc) is 2.37. The number of halogens is 3. The lowest BCUT2D eigenvalue weighted by molar-refractivity contribution is -0.137. The highest BCUT2D eigenvalue weighted by Gasteiger charge is 2.30. The second kappa shape index (κ2) is 7.80. The summed E-state index contributed by atoms with van der Waals surface area (Å²) in [6.45, 7) is 4.83. The molecule has 0 saturated carbocycles. The predicted octanol–water partition coefficient (Wildman–Crippen LogP) is 4.50. The number of nitrogens with one attached hydrogen (secondary N) is 1. The van der Waals surface area contributed by atoms with Crippen LogP contribution in [-0.2, 0) is 6.18 Å². The van der Waals surface area contributed by atoms with Crippen molar-refractivity contribution in [1.29, 1.82) is 0 Å². The molecule has 1 rings (SSSR count). The molecule has 1 nitrogen and oxygen atoms in total. The largest absolute Gasteiger partial charge is 0.416 e. The Kier molecular flexibility index (Phi) is 6.72. The van der Waals surface area contributed by atoms with Crippen molar-refractivity contribution >= 4 is 11.8 Å². The molecule has 1 N–H and O–H groups in total. The van der Waals surface area contributed by atoms with Gasteiger partial charge in [-0.3, -0.25) is 0 Å². The van der Waals surface area contributed by atoms with Crippen LogP contribution in [0.5, 0.6) is 0 Å². The van der Waals surface area contributed by atoms with Gasteiger partial charge in [0.05, 0.1) is 5.56 Å². The molecule has 0 amide bonds. The monoisotopic (exact) mass is 291 g/mol. The number of thioether (sulfide) groups is 1. The van der Waals surface area contributed by atoms with Gasteiger partial charge in [0.15, 0.2) is 0 Å². The summed E-state index contributed by atoms with van der Waals surface area (Å²) in [6, 6.07) is 5.46. The van der Waals surface area contributed by atoms with Crippen LogP contribution < -0.4 is 5.32 Å². The van der Waals surface area contributed by atoms with Crippen LogP contribution in [0.15, 0.2) is 24.3 Å². The number of hydrogen-bond acceptors (Lipinski definition) is 2. The van der Waals surface area contributed by atoms with Crippen molar-refractivity contribution in [3.63, 3.8) is 0 Å². The summed E-state index contributed by atoms with van der Waals surface area (Å²) in [5.41, 5.74) is 0.0955. The number of alkyl halides is 3. The Morgan fingerprint density at radius 1 is 1.32 bits per heavy atom. The van der Waals surface area contributed by atoms with Gasteiger partial charge in [-0.15, -0.1) is 0 Å². The SMILES string of the molecule is CCSCCCNC(C)c1cccc(C(F)(F)F)c1. The lowest BCUT2D eigenvalue weighted by atomic mass is 10.0. The minimum absolute atomic E-state index is 0.0612. The maximum atomic E-state index is 12.6. The molecule has 0 saturated heterocycles. The van der Waals surface area contributed by atoms with Gasteiger partial charge in [-0.2, -0.15) is 24.9 Å². The Hall–Kier alpha value is -0.680. The predicted molar refractivity (Wildman–Crippen MR) is 75.5 cm³/mol. The third kappa shape index (κ3) is 5.87. The van der Waals surface area contributed by atoms with Crippen molar-refractivity contribution in [2.75, 3.05) is 18.1 Å². The van der Waals surface area contributed by atoms with E-state index in [1.165, 1.54) is 12.1 Å². The Balaban J connectivity index is 2.50. The van der Waals surface area contributed by atoms with Crippen LogP contribution in [0, 0.1) is 0 Å². The standard InChI is InChI=1S/C14H20F3NS/c1-3-19-9-5-8-18-11(2)12-6-4-7-13(10-12)14(15,16)17/h4,6-7,10-11,18H,3,5,8-9H2,1-2H3. The van der Waals surface area contributed by atoms with E-state index in [0.717, 1.165) is 30.5 Å². The normalized spacial score (nSPS) is 13.5. The fourth-order valence-electron chi connectivity index (χ4n) is 1.74. The molecule has 0 fully saturated rings. The van der Waals surface area contributed by atoms with Crippen molar-refractivity contribution < 1.29 is 13.2 Å². The molecule has 1 atom stereocenters. The first-order valence-electron chi connectivity index (χ1n) is 6.43. The Morgan fingerprint density at radius 3 is 2.68 bits per heavy atom. The molecule has 1 aromatic carbocycles. The molecule has 0 radical (unpaired) electrons. The van der Waals surface area contributed by atoms with Crippen LogP contribution in [-0.4, -0.2) is 18.1 Å². The van der Waals surface area contributed by atoms with E-state index >= 15 is 0 Å². The van der Waals surface area contributed by atoms with Crippen LogP contribution in [0.4, 0.5) is 13.2 Å². The third-order valence-electron chi connectivity index (χ3n) is 2.83. The van der Waals surface area contributed by atoms with Crippen LogP contribution in [0.3, 0.4) is 0 Å². The molecule has 0 heterocycles. The average molecular weight is 291 g/mol. The van der Waals surface area contributed by atoms with E-state index in [-0.39, 0.29) is 6.04 Å². The van der Waals surface area contributed by atoms with Crippen LogP contribution in [0.2, 0.25) is 0 Å². The van der Waals surface area contributed by atoms with Crippen molar-refractivity contribution in [2.24, 2.45) is 0 Å². The maximum Gasteiger partial charge on any atom is 0.416 e. The topological polar surface area (TPSA) is 12.0 Å². The molecular formula is C14H20F3NS. The second-order valence-corrected chi connectivity index (χ2v) is 5.74. The minimum Gasteiger partial charge on any atom is -0.310 e. The van der Waals surface area contributed by atoms with Gasteiger partial charge in [0, 0.05) is 6.04 Å². The first kappa shape index (κ1) is 16.4. The van der Waals surface area contributed by atoms with Crippen LogP contribution >= 0.6 is 11.8 Å². The quantitative estimate of drug-likeness (QED) is 0.742. The molecule has 0 aliphatic rings. The van der Waals surface area contributed by atoms with Crippen molar-refractivity contribution in [3.05, 3.63) is 35.4 Å². The summed E-state index contributed by atoms with van der Waals surface area (Å²) >= 11 is 1.87. The van der Waals surface area contributed by atoms with Gasteiger partial charge in [-0.05, 0) is 49.1 Å². The van der Waals surface area contributed by atoms with Gasteiger partial charge in [0.1, 0.15) is 0 Å². The molecule has 0 bridgehead atoms. The summed E-state index contributed by atoms with van der Waals surface area (Å²) in [4.78, 5) is 0. The zero-order valence-electron chi connectivity index (χ0n) is 11.3. The van der Waals surface area contributed by atoms with Gasteiger partial charge >= 0.3 is 6.18 Å². The lowest BCUT2D eigenvalue weighted by Gasteiger charge is -2.16. The van der Waals surface area contributed by atoms with E-state index in [9.17, 15) is 13.2 Å². The molecule has 1 unspecified atom stereocenters. The fraction of sp³-hybridized carbons (Fsp3) is 0.571. The summed E-state index contributed by atoms with van der Waals surface area (Å²) in [7, 11) is 0. The zero-order valence-corrected chi connectivity index (χ0v) is 12.1. The summed E-state index contributed by atoms with van der Waals surface area (Å²) in [5, 5.41) is 3.26. The van der Waals surface area contributed by atoms with Crippen LogP contribution in [0.1, 0.15) is 37.4 Å². The van der Waals surface area contributed by atoms with Gasteiger partial charge in [-0.1, -0.05) is 19.1 Å². The minimum atomic E-state index is -4.27. The fourth-order valence-corrected chi connectivity index (χ4v) is 2.38. The lowest BCUT2D eigenvalue weighted by Crippen LogP contribution is -2.20. The highest BCUT2D eigenvalue weighted by Crippen LogP contribution is 2.30. The molecule has 0 aromatic heterocycles. The van der Waals surface area contributed by atoms with E-state index < -0.39 is 11.7 Å². The molecule has 108 valence electrons. The Morgan fingerprint density at radius 2 is 2.05 bits per heavy atom. The van der Waals surface area contributed by atoms with E-state index in [0.29, 0.717) is 5.56 Å². The molecule has 0 spiro atoms. The van der Waals surface area contributed by atoms with Crippen molar-refractivity contribution in [2.45, 2.75) is 32.5 Å². The van der Waals surface area contributed by atoms with E-state index in [1.807, 2.05) is 18.7 Å². The van der Waals surface area contributed by atoms with E-state index in [1.54, 1.807) is 6.07 Å². The highest BCUT2D eigenvalue weighted by molar-refractivity contribution is 7.99. The zero-order chi connectivity index (χ0) is 14.3. The summed E-state index contributed by atoms with van der Waals surface area (Å²) < 4.78 is 37.8. The summed E-state index contributed by atoms with van der Waals surface area (Å²) in [6.07, 6.45) is -3.24. The molecule has 19 heavy (non-hydrogen) atoms. The Labute approximate surface area is 117 Å². The molecule has 0 aliphatic carbocycles. The number of rotatable bonds is 7. The first-order valence-corrected chi connectivity index (χ1v) is 7.59. The molecule has 1 aromatic rings. The third-order valence-corrected chi connectivity index (χ3v) is 3.82. The van der Waals surface area contributed by atoms with Crippen molar-refractivity contribution in [1.82, 2.24) is 5.32 Å². The van der Waals surface area contributed by atoms with E-state index in [4.69, 9.17) is 0 Å².